The summed E-state index contributed by atoms with van der Waals surface area (Å²) >= 11 is 0. The van der Waals surface area contributed by atoms with Crippen molar-refractivity contribution >= 4 is 11.9 Å². The smallest absolute Gasteiger partial charge is 0.329 e. The van der Waals surface area contributed by atoms with E-state index in [0.29, 0.717) is 12.8 Å². The molecule has 0 bridgehead atoms. The van der Waals surface area contributed by atoms with Crippen LogP contribution in [-0.2, 0) is 9.59 Å². The van der Waals surface area contributed by atoms with Gasteiger partial charge in [-0.3, -0.25) is 4.79 Å². The molecule has 1 aliphatic rings. The fourth-order valence-electron chi connectivity index (χ4n) is 2.43. The Labute approximate surface area is 102 Å². The largest absolute Gasteiger partial charge is 0.480 e. The first-order chi connectivity index (χ1) is 7.96. The molecule has 17 heavy (non-hydrogen) atoms. The molecule has 1 aliphatic carbocycles. The molecular weight excluding hydrogens is 220 g/mol. The Bertz CT molecular complexity index is 300. The molecule has 0 saturated heterocycles. The van der Waals surface area contributed by atoms with E-state index < -0.39 is 11.5 Å². The molecule has 98 valence electrons. The van der Waals surface area contributed by atoms with Crippen molar-refractivity contribution in [2.45, 2.75) is 57.5 Å². The maximum atomic E-state index is 12.0. The van der Waals surface area contributed by atoms with Crippen molar-refractivity contribution in [2.75, 3.05) is 0 Å². The van der Waals surface area contributed by atoms with Crippen molar-refractivity contribution in [1.82, 2.24) is 5.32 Å². The SMILES string of the molecule is CCC(CC)(NC(=O)C1CCCC1N)C(=O)O. The molecule has 4 N–H and O–H groups in total. The quantitative estimate of drug-likeness (QED) is 0.667. The van der Waals surface area contributed by atoms with Gasteiger partial charge in [0.25, 0.3) is 0 Å². The van der Waals surface area contributed by atoms with E-state index in [4.69, 9.17) is 5.73 Å². The van der Waals surface area contributed by atoms with E-state index in [1.54, 1.807) is 13.8 Å². The van der Waals surface area contributed by atoms with Gasteiger partial charge in [-0.05, 0) is 25.7 Å². The third kappa shape index (κ3) is 2.77. The van der Waals surface area contributed by atoms with E-state index in [9.17, 15) is 14.7 Å². The van der Waals surface area contributed by atoms with Crippen LogP contribution in [0.3, 0.4) is 0 Å². The number of hydrogen-bond donors (Lipinski definition) is 3. The van der Waals surface area contributed by atoms with E-state index in [1.807, 2.05) is 0 Å². The maximum absolute atomic E-state index is 12.0. The molecule has 2 atom stereocenters. The number of carbonyl (C=O) groups is 2. The summed E-state index contributed by atoms with van der Waals surface area (Å²) in [4.78, 5) is 23.3. The van der Waals surface area contributed by atoms with Crippen LogP contribution in [-0.4, -0.2) is 28.6 Å². The Balaban J connectivity index is 2.74. The maximum Gasteiger partial charge on any atom is 0.329 e. The monoisotopic (exact) mass is 242 g/mol. The summed E-state index contributed by atoms with van der Waals surface area (Å²) in [6.45, 7) is 3.54. The summed E-state index contributed by atoms with van der Waals surface area (Å²) in [5.74, 6) is -1.41. The number of carbonyl (C=O) groups excluding carboxylic acids is 1. The Kier molecular flexibility index (Phi) is 4.51. The zero-order valence-electron chi connectivity index (χ0n) is 10.5. The van der Waals surface area contributed by atoms with Crippen LogP contribution in [0, 0.1) is 5.92 Å². The molecule has 0 aliphatic heterocycles. The molecule has 0 heterocycles. The molecule has 1 rings (SSSR count). The second-order valence-corrected chi connectivity index (χ2v) is 4.78. The van der Waals surface area contributed by atoms with Crippen molar-refractivity contribution in [3.8, 4) is 0 Å². The average Bonchev–Trinajstić information content (AvgIpc) is 2.72. The zero-order valence-corrected chi connectivity index (χ0v) is 10.5. The van der Waals surface area contributed by atoms with E-state index in [0.717, 1.165) is 19.3 Å². The minimum Gasteiger partial charge on any atom is -0.480 e. The van der Waals surface area contributed by atoms with Crippen LogP contribution in [0.25, 0.3) is 0 Å². The highest BCUT2D eigenvalue weighted by molar-refractivity contribution is 5.88. The summed E-state index contributed by atoms with van der Waals surface area (Å²) in [6, 6.07) is -0.129. The van der Waals surface area contributed by atoms with Crippen LogP contribution in [0.2, 0.25) is 0 Å². The van der Waals surface area contributed by atoms with Crippen LogP contribution in [0.1, 0.15) is 46.0 Å². The number of nitrogens with two attached hydrogens (primary N) is 1. The van der Waals surface area contributed by atoms with Gasteiger partial charge in [0.2, 0.25) is 5.91 Å². The molecule has 1 fully saturated rings. The normalized spacial score (nSPS) is 24.6. The Hall–Kier alpha value is -1.10. The van der Waals surface area contributed by atoms with Crippen LogP contribution in [0.4, 0.5) is 0 Å². The summed E-state index contributed by atoms with van der Waals surface area (Å²) in [5.41, 5.74) is 4.71. The highest BCUT2D eigenvalue weighted by atomic mass is 16.4. The number of hydrogen-bond acceptors (Lipinski definition) is 3. The van der Waals surface area contributed by atoms with Crippen molar-refractivity contribution in [3.63, 3.8) is 0 Å². The van der Waals surface area contributed by atoms with Crippen molar-refractivity contribution in [1.29, 1.82) is 0 Å². The summed E-state index contributed by atoms with van der Waals surface area (Å²) in [5, 5.41) is 11.9. The topological polar surface area (TPSA) is 92.4 Å². The van der Waals surface area contributed by atoms with Crippen LogP contribution in [0.15, 0.2) is 0 Å². The molecule has 0 aromatic carbocycles. The lowest BCUT2D eigenvalue weighted by molar-refractivity contribution is -0.148. The van der Waals surface area contributed by atoms with E-state index in [2.05, 4.69) is 5.32 Å². The van der Waals surface area contributed by atoms with Gasteiger partial charge in [-0.15, -0.1) is 0 Å². The fourth-order valence-corrected chi connectivity index (χ4v) is 2.43. The van der Waals surface area contributed by atoms with E-state index in [1.165, 1.54) is 0 Å². The minimum atomic E-state index is -1.14. The molecule has 1 saturated carbocycles. The summed E-state index contributed by atoms with van der Waals surface area (Å²) in [6.07, 6.45) is 3.31. The predicted molar refractivity (Wildman–Crippen MR) is 64.4 cm³/mol. The van der Waals surface area contributed by atoms with Gasteiger partial charge >= 0.3 is 5.97 Å². The molecule has 0 radical (unpaired) electrons. The lowest BCUT2D eigenvalue weighted by atomic mass is 9.91. The summed E-state index contributed by atoms with van der Waals surface area (Å²) < 4.78 is 0. The molecule has 0 spiro atoms. The van der Waals surface area contributed by atoms with Gasteiger partial charge in [-0.2, -0.15) is 0 Å². The molecule has 0 aromatic heterocycles. The minimum absolute atomic E-state index is 0.129. The first-order valence-electron chi connectivity index (χ1n) is 6.28. The van der Waals surface area contributed by atoms with Crippen molar-refractivity contribution < 1.29 is 14.7 Å². The predicted octanol–water partition coefficient (Wildman–Crippen LogP) is 0.873. The first-order valence-corrected chi connectivity index (χ1v) is 6.28. The molecule has 2 unspecified atom stereocenters. The third-order valence-corrected chi connectivity index (χ3v) is 3.89. The second kappa shape index (κ2) is 5.49. The number of carboxylic acid groups (broad SMARTS) is 1. The van der Waals surface area contributed by atoms with Crippen molar-refractivity contribution in [2.24, 2.45) is 11.7 Å². The van der Waals surface area contributed by atoms with Gasteiger partial charge in [-0.25, -0.2) is 4.79 Å². The van der Waals surface area contributed by atoms with Gasteiger partial charge in [0.1, 0.15) is 5.54 Å². The molecule has 5 heteroatoms. The average molecular weight is 242 g/mol. The lowest BCUT2D eigenvalue weighted by Gasteiger charge is -2.30. The lowest BCUT2D eigenvalue weighted by Crippen LogP contribution is -2.56. The van der Waals surface area contributed by atoms with Crippen LogP contribution >= 0.6 is 0 Å². The standard InChI is InChI=1S/C12H22N2O3/c1-3-12(4-2,11(16)17)14-10(15)8-6-5-7-9(8)13/h8-9H,3-7,13H2,1-2H3,(H,14,15)(H,16,17). The first kappa shape index (κ1) is 14.0. The number of rotatable bonds is 5. The number of carboxylic acids is 1. The highest BCUT2D eigenvalue weighted by Crippen LogP contribution is 2.26. The van der Waals surface area contributed by atoms with Crippen LogP contribution < -0.4 is 11.1 Å². The second-order valence-electron chi connectivity index (χ2n) is 4.78. The van der Waals surface area contributed by atoms with Gasteiger partial charge in [0, 0.05) is 6.04 Å². The van der Waals surface area contributed by atoms with Gasteiger partial charge in [0.15, 0.2) is 0 Å². The van der Waals surface area contributed by atoms with Gasteiger partial charge < -0.3 is 16.2 Å². The zero-order chi connectivity index (χ0) is 13.1. The number of amides is 1. The molecule has 5 nitrogen and oxygen atoms in total. The van der Waals surface area contributed by atoms with E-state index >= 15 is 0 Å². The Morgan fingerprint density at radius 2 is 1.94 bits per heavy atom. The third-order valence-electron chi connectivity index (χ3n) is 3.89. The Morgan fingerprint density at radius 1 is 1.35 bits per heavy atom. The highest BCUT2D eigenvalue weighted by Gasteiger charge is 2.40. The molecular formula is C12H22N2O3. The summed E-state index contributed by atoms with van der Waals surface area (Å²) in [7, 11) is 0. The van der Waals surface area contributed by atoms with Crippen LogP contribution in [0.5, 0.6) is 0 Å². The Morgan fingerprint density at radius 3 is 2.29 bits per heavy atom. The number of aliphatic carboxylic acids is 1. The molecule has 0 aromatic rings. The number of nitrogens with one attached hydrogen (secondary N) is 1. The van der Waals surface area contributed by atoms with E-state index in [-0.39, 0.29) is 17.9 Å². The van der Waals surface area contributed by atoms with Crippen molar-refractivity contribution in [3.05, 3.63) is 0 Å². The van der Waals surface area contributed by atoms with Gasteiger partial charge in [0.05, 0.1) is 5.92 Å². The molecule has 1 amide bonds. The fraction of sp³-hybridized carbons (Fsp3) is 0.833. The van der Waals surface area contributed by atoms with Gasteiger partial charge in [-0.1, -0.05) is 20.3 Å².